The number of ether oxygens (including phenoxy) is 2. The number of halogens is 1. The van der Waals surface area contributed by atoms with Crippen LogP contribution in [0, 0.1) is 11.3 Å². The van der Waals surface area contributed by atoms with Crippen LogP contribution in [-0.2, 0) is 9.47 Å². The molecule has 1 N–H and O–H groups in total. The summed E-state index contributed by atoms with van der Waals surface area (Å²) in [6, 6.07) is 0. The van der Waals surface area contributed by atoms with E-state index >= 15 is 0 Å². The lowest BCUT2D eigenvalue weighted by atomic mass is 9.87. The van der Waals surface area contributed by atoms with Gasteiger partial charge in [-0.05, 0) is 38.0 Å². The van der Waals surface area contributed by atoms with Crippen molar-refractivity contribution in [1.29, 1.82) is 0 Å². The molecule has 5 nitrogen and oxygen atoms in total. The summed E-state index contributed by atoms with van der Waals surface area (Å²) >= 11 is 0. The average molecular weight is 423 g/mol. The summed E-state index contributed by atoms with van der Waals surface area (Å²) in [6.07, 6.45) is 6.11. The number of rotatable bonds is 3. The molecule has 3 saturated heterocycles. The molecular weight excluding hydrogens is 393 g/mol. The Bertz CT molecular complexity index is 366. The first-order chi connectivity index (χ1) is 10.3. The summed E-state index contributed by atoms with van der Waals surface area (Å²) < 4.78 is 11.0. The monoisotopic (exact) mass is 423 g/mol. The maximum absolute atomic E-state index is 5.61. The minimum Gasteiger partial charge on any atom is -0.381 e. The summed E-state index contributed by atoms with van der Waals surface area (Å²) in [5.41, 5.74) is 0.401. The number of hydrogen-bond acceptors (Lipinski definition) is 3. The summed E-state index contributed by atoms with van der Waals surface area (Å²) in [5.74, 6) is 1.89. The number of guanidine groups is 1. The van der Waals surface area contributed by atoms with Gasteiger partial charge in [-0.2, -0.15) is 0 Å². The predicted octanol–water partition coefficient (Wildman–Crippen LogP) is 2.11. The molecule has 0 aromatic rings. The minimum absolute atomic E-state index is 0. The zero-order valence-electron chi connectivity index (χ0n) is 13.7. The van der Waals surface area contributed by atoms with Crippen molar-refractivity contribution in [1.82, 2.24) is 10.2 Å². The molecule has 1 spiro atoms. The second kappa shape index (κ2) is 8.68. The van der Waals surface area contributed by atoms with Crippen molar-refractivity contribution in [3.8, 4) is 0 Å². The Morgan fingerprint density at radius 3 is 2.73 bits per heavy atom. The van der Waals surface area contributed by atoms with Crippen LogP contribution in [0.15, 0.2) is 4.99 Å². The second-order valence-corrected chi connectivity index (χ2v) is 6.79. The third-order valence-electron chi connectivity index (χ3n) is 5.31. The highest BCUT2D eigenvalue weighted by molar-refractivity contribution is 14.0. The first-order valence-electron chi connectivity index (χ1n) is 8.42. The van der Waals surface area contributed by atoms with Gasteiger partial charge < -0.3 is 19.7 Å². The highest BCUT2D eigenvalue weighted by Gasteiger charge is 2.42. The van der Waals surface area contributed by atoms with E-state index in [1.807, 2.05) is 7.05 Å². The van der Waals surface area contributed by atoms with E-state index < -0.39 is 0 Å². The Morgan fingerprint density at radius 2 is 2.05 bits per heavy atom. The van der Waals surface area contributed by atoms with E-state index in [4.69, 9.17) is 9.47 Å². The van der Waals surface area contributed by atoms with Crippen molar-refractivity contribution >= 4 is 29.9 Å². The molecule has 3 heterocycles. The maximum atomic E-state index is 5.61. The molecule has 6 heteroatoms. The third-order valence-corrected chi connectivity index (χ3v) is 5.31. The second-order valence-electron chi connectivity index (χ2n) is 6.79. The van der Waals surface area contributed by atoms with Crippen LogP contribution >= 0.6 is 24.0 Å². The van der Waals surface area contributed by atoms with E-state index in [9.17, 15) is 0 Å². The predicted molar refractivity (Wildman–Crippen MR) is 99.0 cm³/mol. The summed E-state index contributed by atoms with van der Waals surface area (Å²) in [5, 5.41) is 3.56. The fourth-order valence-electron chi connectivity index (χ4n) is 3.84. The van der Waals surface area contributed by atoms with Crippen LogP contribution in [0.1, 0.15) is 32.1 Å². The van der Waals surface area contributed by atoms with Gasteiger partial charge in [-0.3, -0.25) is 4.99 Å². The lowest BCUT2D eigenvalue weighted by molar-refractivity contribution is 0.0643. The Labute approximate surface area is 151 Å². The molecule has 3 fully saturated rings. The summed E-state index contributed by atoms with van der Waals surface area (Å²) in [6.45, 7) is 6.98. The molecule has 0 aromatic carbocycles. The van der Waals surface area contributed by atoms with E-state index in [1.165, 1.54) is 32.1 Å². The van der Waals surface area contributed by atoms with Crippen molar-refractivity contribution in [2.75, 3.05) is 53.1 Å². The number of nitrogens with one attached hydrogen (secondary N) is 1. The van der Waals surface area contributed by atoms with Crippen LogP contribution in [0.2, 0.25) is 0 Å². The standard InChI is InChI=1S/C16H29N3O2.HI/c1-17-15(18-7-2-14-3-9-20-10-4-14)19-8-5-16(12-19)6-11-21-13-16;/h14H,2-13H2,1H3,(H,17,18);1H. The van der Waals surface area contributed by atoms with Crippen LogP contribution < -0.4 is 5.32 Å². The van der Waals surface area contributed by atoms with Gasteiger partial charge in [0.1, 0.15) is 0 Å². The van der Waals surface area contributed by atoms with Crippen LogP contribution in [0.5, 0.6) is 0 Å². The van der Waals surface area contributed by atoms with Crippen LogP contribution in [0.25, 0.3) is 0 Å². The van der Waals surface area contributed by atoms with Gasteiger partial charge in [0, 0.05) is 51.9 Å². The first kappa shape index (κ1) is 18.3. The van der Waals surface area contributed by atoms with Crippen molar-refractivity contribution in [3.63, 3.8) is 0 Å². The molecule has 1 unspecified atom stereocenters. The van der Waals surface area contributed by atoms with Gasteiger partial charge in [0.25, 0.3) is 0 Å². The quantitative estimate of drug-likeness (QED) is 0.429. The van der Waals surface area contributed by atoms with Crippen molar-refractivity contribution < 1.29 is 9.47 Å². The normalized spacial score (nSPS) is 29.9. The molecule has 1 atom stereocenters. The minimum atomic E-state index is 0. The average Bonchev–Trinajstić information content (AvgIpc) is 3.15. The van der Waals surface area contributed by atoms with Crippen molar-refractivity contribution in [2.24, 2.45) is 16.3 Å². The van der Waals surface area contributed by atoms with E-state index in [0.29, 0.717) is 5.41 Å². The smallest absolute Gasteiger partial charge is 0.193 e. The Kier molecular flexibility index (Phi) is 7.21. The van der Waals surface area contributed by atoms with Gasteiger partial charge in [-0.1, -0.05) is 0 Å². The molecule has 0 aliphatic carbocycles. The van der Waals surface area contributed by atoms with Crippen molar-refractivity contribution in [2.45, 2.75) is 32.1 Å². The molecule has 0 amide bonds. The van der Waals surface area contributed by atoms with Gasteiger partial charge >= 0.3 is 0 Å². The summed E-state index contributed by atoms with van der Waals surface area (Å²) in [7, 11) is 1.90. The van der Waals surface area contributed by atoms with E-state index in [-0.39, 0.29) is 24.0 Å². The summed E-state index contributed by atoms with van der Waals surface area (Å²) in [4.78, 5) is 6.89. The number of nitrogens with zero attached hydrogens (tertiary/aromatic N) is 2. The Hall–Kier alpha value is -0.0800. The van der Waals surface area contributed by atoms with Crippen LogP contribution in [-0.4, -0.2) is 64.0 Å². The molecule has 0 bridgehead atoms. The molecule has 22 heavy (non-hydrogen) atoms. The number of aliphatic imine (C=N–C) groups is 1. The lowest BCUT2D eigenvalue weighted by Crippen LogP contribution is -2.42. The van der Waals surface area contributed by atoms with Gasteiger partial charge in [0.15, 0.2) is 5.96 Å². The molecule has 3 aliphatic rings. The van der Waals surface area contributed by atoms with Gasteiger partial charge in [-0.25, -0.2) is 0 Å². The van der Waals surface area contributed by atoms with E-state index in [1.54, 1.807) is 0 Å². The van der Waals surface area contributed by atoms with Crippen LogP contribution in [0.3, 0.4) is 0 Å². The molecule has 0 radical (unpaired) electrons. The van der Waals surface area contributed by atoms with Crippen LogP contribution in [0.4, 0.5) is 0 Å². The largest absolute Gasteiger partial charge is 0.381 e. The van der Waals surface area contributed by atoms with Crippen molar-refractivity contribution in [3.05, 3.63) is 0 Å². The zero-order chi connectivity index (χ0) is 14.5. The Morgan fingerprint density at radius 1 is 1.23 bits per heavy atom. The van der Waals surface area contributed by atoms with Gasteiger partial charge in [0.05, 0.1) is 6.61 Å². The molecule has 0 aromatic heterocycles. The van der Waals surface area contributed by atoms with E-state index in [0.717, 1.165) is 57.9 Å². The molecule has 0 saturated carbocycles. The van der Waals surface area contributed by atoms with E-state index in [2.05, 4.69) is 15.2 Å². The fourth-order valence-corrected chi connectivity index (χ4v) is 3.84. The Balaban J connectivity index is 0.00000176. The SMILES string of the molecule is CN=C(NCCC1CCOCC1)N1CCC2(CCOC2)C1.I. The number of hydrogen-bond donors (Lipinski definition) is 1. The molecular formula is C16H30IN3O2. The number of likely N-dealkylation sites (tertiary alicyclic amines) is 1. The maximum Gasteiger partial charge on any atom is 0.193 e. The highest BCUT2D eigenvalue weighted by Crippen LogP contribution is 2.38. The zero-order valence-corrected chi connectivity index (χ0v) is 16.0. The van der Waals surface area contributed by atoms with Gasteiger partial charge in [-0.15, -0.1) is 24.0 Å². The van der Waals surface area contributed by atoms with Gasteiger partial charge in [0.2, 0.25) is 0 Å². The third kappa shape index (κ3) is 4.47. The molecule has 3 rings (SSSR count). The first-order valence-corrected chi connectivity index (χ1v) is 8.42. The lowest BCUT2D eigenvalue weighted by Gasteiger charge is -2.26. The molecule has 3 aliphatic heterocycles. The fraction of sp³-hybridized carbons (Fsp3) is 0.938. The topological polar surface area (TPSA) is 46.1 Å². The highest BCUT2D eigenvalue weighted by atomic mass is 127. The molecule has 128 valence electrons.